The molecule has 0 saturated heterocycles. The van der Waals surface area contributed by atoms with Gasteiger partial charge in [-0.25, -0.2) is 8.93 Å². The van der Waals surface area contributed by atoms with Gasteiger partial charge in [-0.3, -0.25) is 4.98 Å². The van der Waals surface area contributed by atoms with Crippen LogP contribution in [-0.2, 0) is 11.0 Å². The third-order valence-corrected chi connectivity index (χ3v) is 5.25. The van der Waals surface area contributed by atoms with E-state index in [-0.39, 0.29) is 10.8 Å². The van der Waals surface area contributed by atoms with Crippen LogP contribution in [0.4, 0.5) is 0 Å². The summed E-state index contributed by atoms with van der Waals surface area (Å²) in [6, 6.07) is 6.08. The van der Waals surface area contributed by atoms with E-state index >= 15 is 0 Å². The summed E-state index contributed by atoms with van der Waals surface area (Å²) in [7, 11) is -1.05. The molecule has 1 aliphatic rings. The molecule has 2 unspecified atom stereocenters. The molecule has 1 fully saturated rings. The Morgan fingerprint density at radius 1 is 1.32 bits per heavy atom. The van der Waals surface area contributed by atoms with Crippen LogP contribution >= 0.6 is 0 Å². The predicted molar refractivity (Wildman–Crippen MR) is 80.0 cm³/mol. The summed E-state index contributed by atoms with van der Waals surface area (Å²) in [6.45, 7) is 6.00. The first-order chi connectivity index (χ1) is 8.98. The Morgan fingerprint density at radius 2 is 2.00 bits per heavy atom. The number of rotatable bonds is 4. The molecule has 1 aromatic heterocycles. The number of nitrogens with one attached hydrogen (secondary N) is 1. The van der Waals surface area contributed by atoms with E-state index in [1.54, 1.807) is 0 Å². The summed E-state index contributed by atoms with van der Waals surface area (Å²) in [5, 5.41) is 0. The van der Waals surface area contributed by atoms with E-state index in [9.17, 15) is 4.21 Å². The van der Waals surface area contributed by atoms with E-state index in [1.807, 2.05) is 45.2 Å². The van der Waals surface area contributed by atoms with E-state index in [0.717, 1.165) is 5.69 Å². The standard InChI is InChI=1S/C15H24N2OS/c1-15(2,3)19(18)17-14(12-8-4-5-9-12)13-10-6-7-11-16-13/h6-7,10-12,14,17H,4-5,8-9H2,1-3H3. The van der Waals surface area contributed by atoms with Crippen molar-refractivity contribution in [2.75, 3.05) is 0 Å². The fourth-order valence-corrected chi connectivity index (χ4v) is 3.44. The van der Waals surface area contributed by atoms with Crippen LogP contribution in [0.2, 0.25) is 0 Å². The normalized spacial score (nSPS) is 20.4. The van der Waals surface area contributed by atoms with Crippen molar-refractivity contribution in [3.8, 4) is 0 Å². The van der Waals surface area contributed by atoms with Gasteiger partial charge in [-0.1, -0.05) is 18.9 Å². The second-order valence-corrected chi connectivity index (χ2v) is 8.27. The van der Waals surface area contributed by atoms with Crippen molar-refractivity contribution in [2.45, 2.75) is 57.2 Å². The average molecular weight is 280 g/mol. The largest absolute Gasteiger partial charge is 0.260 e. The van der Waals surface area contributed by atoms with Gasteiger partial charge in [0.2, 0.25) is 0 Å². The lowest BCUT2D eigenvalue weighted by molar-refractivity contribution is 0.408. The molecule has 0 bridgehead atoms. The van der Waals surface area contributed by atoms with Crippen LogP contribution in [0.15, 0.2) is 24.4 Å². The average Bonchev–Trinajstić information content (AvgIpc) is 2.89. The van der Waals surface area contributed by atoms with Crippen molar-refractivity contribution in [1.29, 1.82) is 0 Å². The molecule has 0 radical (unpaired) electrons. The molecule has 0 aliphatic heterocycles. The van der Waals surface area contributed by atoms with Crippen molar-refractivity contribution < 1.29 is 4.21 Å². The maximum atomic E-state index is 12.4. The lowest BCUT2D eigenvalue weighted by atomic mass is 9.96. The Hall–Kier alpha value is -0.740. The van der Waals surface area contributed by atoms with Gasteiger partial charge >= 0.3 is 0 Å². The third-order valence-electron chi connectivity index (χ3n) is 3.67. The van der Waals surface area contributed by atoms with Crippen molar-refractivity contribution >= 4 is 11.0 Å². The van der Waals surface area contributed by atoms with Gasteiger partial charge in [-0.05, 0) is 51.7 Å². The van der Waals surface area contributed by atoms with Gasteiger partial charge in [0.25, 0.3) is 0 Å². The molecule has 0 amide bonds. The highest BCUT2D eigenvalue weighted by Gasteiger charge is 2.31. The Bertz CT molecular complexity index is 422. The minimum absolute atomic E-state index is 0.115. The van der Waals surface area contributed by atoms with E-state index in [2.05, 4.69) is 9.71 Å². The Morgan fingerprint density at radius 3 is 2.53 bits per heavy atom. The van der Waals surface area contributed by atoms with Gasteiger partial charge in [0, 0.05) is 6.20 Å². The molecule has 106 valence electrons. The lowest BCUT2D eigenvalue weighted by Crippen LogP contribution is -2.38. The maximum Gasteiger partial charge on any atom is 0.0976 e. The van der Waals surface area contributed by atoms with Crippen LogP contribution in [0.1, 0.15) is 58.2 Å². The quantitative estimate of drug-likeness (QED) is 0.919. The van der Waals surface area contributed by atoms with E-state index in [0.29, 0.717) is 5.92 Å². The zero-order valence-corrected chi connectivity index (χ0v) is 12.9. The second kappa shape index (κ2) is 6.14. The smallest absolute Gasteiger partial charge is 0.0976 e. The molecule has 3 nitrogen and oxygen atoms in total. The Kier molecular flexibility index (Phi) is 4.74. The van der Waals surface area contributed by atoms with E-state index < -0.39 is 11.0 Å². The molecule has 1 aromatic rings. The first kappa shape index (κ1) is 14.7. The summed E-state index contributed by atoms with van der Waals surface area (Å²) in [5.74, 6) is 0.557. The number of hydrogen-bond donors (Lipinski definition) is 1. The van der Waals surface area contributed by atoms with Crippen molar-refractivity contribution in [2.24, 2.45) is 5.92 Å². The molecule has 4 heteroatoms. The summed E-state index contributed by atoms with van der Waals surface area (Å²) in [5.41, 5.74) is 1.02. The van der Waals surface area contributed by atoms with E-state index in [1.165, 1.54) is 25.7 Å². The van der Waals surface area contributed by atoms with Crippen molar-refractivity contribution in [3.05, 3.63) is 30.1 Å². The first-order valence-corrected chi connectivity index (χ1v) is 8.22. The van der Waals surface area contributed by atoms with Crippen molar-refractivity contribution in [3.63, 3.8) is 0 Å². The molecule has 1 aliphatic carbocycles. The number of pyridine rings is 1. The highest BCUT2D eigenvalue weighted by atomic mass is 32.2. The van der Waals surface area contributed by atoms with Crippen LogP contribution in [0.3, 0.4) is 0 Å². The Balaban J connectivity index is 2.18. The van der Waals surface area contributed by atoms with E-state index in [4.69, 9.17) is 0 Å². The van der Waals surface area contributed by atoms with Gasteiger partial charge in [-0.2, -0.15) is 0 Å². The lowest BCUT2D eigenvalue weighted by Gasteiger charge is -2.27. The fourth-order valence-electron chi connectivity index (χ4n) is 2.54. The summed E-state index contributed by atoms with van der Waals surface area (Å²) in [4.78, 5) is 4.46. The highest BCUT2D eigenvalue weighted by molar-refractivity contribution is 7.84. The molecule has 0 spiro atoms. The third kappa shape index (κ3) is 3.86. The second-order valence-electron chi connectivity index (χ2n) is 6.28. The molecular formula is C15H24N2OS. The molecule has 19 heavy (non-hydrogen) atoms. The highest BCUT2D eigenvalue weighted by Crippen LogP contribution is 2.35. The minimum atomic E-state index is -1.05. The number of nitrogens with zero attached hydrogens (tertiary/aromatic N) is 1. The van der Waals surface area contributed by atoms with Crippen LogP contribution in [-0.4, -0.2) is 13.9 Å². The molecule has 2 rings (SSSR count). The zero-order valence-electron chi connectivity index (χ0n) is 12.1. The summed E-state index contributed by atoms with van der Waals surface area (Å²) < 4.78 is 15.5. The minimum Gasteiger partial charge on any atom is -0.260 e. The van der Waals surface area contributed by atoms with Gasteiger partial charge in [0.05, 0.1) is 27.5 Å². The molecule has 1 saturated carbocycles. The molecule has 2 atom stereocenters. The van der Waals surface area contributed by atoms with Crippen LogP contribution < -0.4 is 4.72 Å². The topological polar surface area (TPSA) is 42.0 Å². The molecule has 0 aromatic carbocycles. The molecule has 1 heterocycles. The Labute approximate surface area is 118 Å². The molecule has 1 N–H and O–H groups in total. The molecular weight excluding hydrogens is 256 g/mol. The fraction of sp³-hybridized carbons (Fsp3) is 0.667. The zero-order chi connectivity index (χ0) is 13.9. The van der Waals surface area contributed by atoms with Crippen LogP contribution in [0.25, 0.3) is 0 Å². The summed E-state index contributed by atoms with van der Waals surface area (Å²) in [6.07, 6.45) is 6.78. The number of hydrogen-bond acceptors (Lipinski definition) is 2. The summed E-state index contributed by atoms with van der Waals surface area (Å²) >= 11 is 0. The SMILES string of the molecule is CC(C)(C)S(=O)NC(c1ccccn1)C1CCCC1. The van der Waals surface area contributed by atoms with Crippen LogP contribution in [0, 0.1) is 5.92 Å². The van der Waals surface area contributed by atoms with Crippen molar-refractivity contribution in [1.82, 2.24) is 9.71 Å². The number of aromatic nitrogens is 1. The van der Waals surface area contributed by atoms with Gasteiger partial charge in [-0.15, -0.1) is 0 Å². The van der Waals surface area contributed by atoms with Gasteiger partial charge < -0.3 is 0 Å². The monoisotopic (exact) mass is 280 g/mol. The predicted octanol–water partition coefficient (Wildman–Crippen LogP) is 3.36. The maximum absolute atomic E-state index is 12.4. The van der Waals surface area contributed by atoms with Crippen LogP contribution in [0.5, 0.6) is 0 Å². The first-order valence-electron chi connectivity index (χ1n) is 7.07. The van der Waals surface area contributed by atoms with Gasteiger partial charge in [0.1, 0.15) is 0 Å². The van der Waals surface area contributed by atoms with Gasteiger partial charge in [0.15, 0.2) is 0 Å².